The van der Waals surface area contributed by atoms with Crippen LogP contribution in [0.3, 0.4) is 0 Å². The zero-order valence-corrected chi connectivity index (χ0v) is 19.7. The van der Waals surface area contributed by atoms with E-state index < -0.39 is 11.7 Å². The molecular formula is C22H32ClF3N6O. The van der Waals surface area contributed by atoms with E-state index in [1.54, 1.807) is 6.07 Å². The Morgan fingerprint density at radius 1 is 1.18 bits per heavy atom. The van der Waals surface area contributed by atoms with Gasteiger partial charge in [-0.15, -0.1) is 17.5 Å². The molecule has 33 heavy (non-hydrogen) atoms. The Kier molecular flexibility index (Phi) is 8.95. The predicted octanol–water partition coefficient (Wildman–Crippen LogP) is 4.35. The van der Waals surface area contributed by atoms with Gasteiger partial charge in [0.25, 0.3) is 0 Å². The molecule has 2 saturated heterocycles. The highest BCUT2D eigenvalue weighted by Crippen LogP contribution is 2.33. The van der Waals surface area contributed by atoms with Gasteiger partial charge in [-0.2, -0.15) is 13.2 Å². The lowest BCUT2D eigenvalue weighted by Gasteiger charge is -2.40. The van der Waals surface area contributed by atoms with Crippen LogP contribution in [0.5, 0.6) is 0 Å². The average molecular weight is 489 g/mol. The molecule has 4 rings (SSSR count). The van der Waals surface area contributed by atoms with E-state index >= 15 is 0 Å². The van der Waals surface area contributed by atoms with Crippen LogP contribution >= 0.6 is 12.4 Å². The summed E-state index contributed by atoms with van der Waals surface area (Å²) in [5, 5.41) is 12.5. The molecular weight excluding hydrogens is 457 g/mol. The zero-order valence-electron chi connectivity index (χ0n) is 18.9. The maximum atomic E-state index is 13.1. The summed E-state index contributed by atoms with van der Waals surface area (Å²) in [7, 11) is 0. The van der Waals surface area contributed by atoms with Gasteiger partial charge in [-0.25, -0.2) is 4.68 Å². The van der Waals surface area contributed by atoms with Crippen LogP contribution in [0, 0.1) is 0 Å². The van der Waals surface area contributed by atoms with Crippen molar-refractivity contribution in [2.24, 2.45) is 0 Å². The molecule has 2 unspecified atom stereocenters. The summed E-state index contributed by atoms with van der Waals surface area (Å²) in [5.74, 6) is 0.862. The molecule has 2 atom stereocenters. The number of ether oxygens (including phenoxy) is 1. The van der Waals surface area contributed by atoms with Gasteiger partial charge in [-0.05, 0) is 47.9 Å². The number of nitrogens with zero attached hydrogens (tertiary/aromatic N) is 6. The number of unbranched alkanes of at least 4 members (excludes halogenated alkanes) is 1. The number of benzene rings is 1. The number of rotatable bonds is 8. The third-order valence-corrected chi connectivity index (χ3v) is 6.38. The Morgan fingerprint density at radius 2 is 1.97 bits per heavy atom. The highest BCUT2D eigenvalue weighted by molar-refractivity contribution is 5.85. The number of anilines is 1. The SMILES string of the molecule is CCCCC(c1nnnn1CC1CCCO1)N1CCN(c2cccc(C(F)(F)F)c2)CC1.Cl. The zero-order chi connectivity index (χ0) is 22.6. The van der Waals surface area contributed by atoms with Crippen LogP contribution in [0.1, 0.15) is 56.5 Å². The van der Waals surface area contributed by atoms with Crippen molar-refractivity contribution < 1.29 is 17.9 Å². The van der Waals surface area contributed by atoms with Crippen molar-refractivity contribution in [2.45, 2.75) is 63.9 Å². The summed E-state index contributed by atoms with van der Waals surface area (Å²) < 4.78 is 47.0. The molecule has 0 N–H and O–H groups in total. The van der Waals surface area contributed by atoms with Crippen molar-refractivity contribution in [1.82, 2.24) is 25.1 Å². The van der Waals surface area contributed by atoms with Gasteiger partial charge >= 0.3 is 6.18 Å². The summed E-state index contributed by atoms with van der Waals surface area (Å²) in [4.78, 5) is 4.40. The molecule has 184 valence electrons. The molecule has 2 aromatic rings. The van der Waals surface area contributed by atoms with E-state index in [1.807, 2.05) is 9.58 Å². The number of hydrogen-bond donors (Lipinski definition) is 0. The molecule has 1 aromatic carbocycles. The lowest BCUT2D eigenvalue weighted by molar-refractivity contribution is -0.137. The molecule has 2 aliphatic heterocycles. The largest absolute Gasteiger partial charge is 0.416 e. The Balaban J connectivity index is 0.00000306. The van der Waals surface area contributed by atoms with Crippen molar-refractivity contribution >= 4 is 18.1 Å². The summed E-state index contributed by atoms with van der Waals surface area (Å²) >= 11 is 0. The summed E-state index contributed by atoms with van der Waals surface area (Å²) in [6.07, 6.45) is 1.00. The van der Waals surface area contributed by atoms with Crippen LogP contribution in [0.2, 0.25) is 0 Å². The molecule has 0 amide bonds. The topological polar surface area (TPSA) is 59.3 Å². The molecule has 0 radical (unpaired) electrons. The normalized spacial score (nSPS) is 20.6. The van der Waals surface area contributed by atoms with Crippen molar-refractivity contribution in [3.8, 4) is 0 Å². The Labute approximate surface area is 198 Å². The van der Waals surface area contributed by atoms with Crippen molar-refractivity contribution in [3.63, 3.8) is 0 Å². The summed E-state index contributed by atoms with van der Waals surface area (Å²) in [6.45, 7) is 6.44. The number of halogens is 4. The standard InChI is InChI=1S/C22H31F3N6O.ClH/c1-2-3-9-20(21-26-27-28-31(21)16-19-8-5-14-32-19)30-12-10-29(11-13-30)18-7-4-6-17(15-18)22(23,24)25;/h4,6-7,15,19-20H,2-3,5,8-14,16H2,1H3;1H. The monoisotopic (exact) mass is 488 g/mol. The fraction of sp³-hybridized carbons (Fsp3) is 0.682. The fourth-order valence-corrected chi connectivity index (χ4v) is 4.60. The van der Waals surface area contributed by atoms with Crippen LogP contribution < -0.4 is 4.90 Å². The Hall–Kier alpha value is -1.91. The highest BCUT2D eigenvalue weighted by atomic mass is 35.5. The minimum Gasteiger partial charge on any atom is -0.376 e. The molecule has 3 heterocycles. The van der Waals surface area contributed by atoms with Gasteiger partial charge in [-0.3, -0.25) is 4.90 Å². The Bertz CT molecular complexity index is 866. The average Bonchev–Trinajstić information content (AvgIpc) is 3.47. The van der Waals surface area contributed by atoms with Gasteiger partial charge in [0.2, 0.25) is 0 Å². The number of tetrazole rings is 1. The summed E-state index contributed by atoms with van der Waals surface area (Å²) in [6, 6.07) is 5.69. The van der Waals surface area contributed by atoms with Gasteiger partial charge < -0.3 is 9.64 Å². The van der Waals surface area contributed by atoms with Crippen LogP contribution in [0.4, 0.5) is 18.9 Å². The smallest absolute Gasteiger partial charge is 0.376 e. The molecule has 7 nitrogen and oxygen atoms in total. The first-order chi connectivity index (χ1) is 15.5. The first-order valence-electron chi connectivity index (χ1n) is 11.5. The summed E-state index contributed by atoms with van der Waals surface area (Å²) in [5.41, 5.74) is 0.0133. The van der Waals surface area contributed by atoms with E-state index in [0.717, 1.165) is 63.7 Å². The van der Waals surface area contributed by atoms with Gasteiger partial charge in [0.1, 0.15) is 0 Å². The molecule has 0 saturated carbocycles. The first-order valence-corrected chi connectivity index (χ1v) is 11.5. The molecule has 2 aliphatic rings. The minimum atomic E-state index is -4.33. The van der Waals surface area contributed by atoms with Crippen LogP contribution in [0.25, 0.3) is 0 Å². The van der Waals surface area contributed by atoms with E-state index in [2.05, 4.69) is 27.3 Å². The lowest BCUT2D eigenvalue weighted by Crippen LogP contribution is -2.48. The number of alkyl halides is 3. The highest BCUT2D eigenvalue weighted by Gasteiger charge is 2.32. The quantitative estimate of drug-likeness (QED) is 0.550. The Morgan fingerprint density at radius 3 is 2.64 bits per heavy atom. The van der Waals surface area contributed by atoms with Crippen molar-refractivity contribution in [3.05, 3.63) is 35.7 Å². The maximum absolute atomic E-state index is 13.1. The molecule has 11 heteroatoms. The van der Waals surface area contributed by atoms with E-state index in [4.69, 9.17) is 4.74 Å². The second kappa shape index (κ2) is 11.5. The molecule has 0 aliphatic carbocycles. The minimum absolute atomic E-state index is 0. The van der Waals surface area contributed by atoms with Gasteiger partial charge in [0.15, 0.2) is 5.82 Å². The second-order valence-corrected chi connectivity index (χ2v) is 8.58. The number of hydrogen-bond acceptors (Lipinski definition) is 6. The molecule has 2 fully saturated rings. The number of aromatic nitrogens is 4. The van der Waals surface area contributed by atoms with Gasteiger partial charge in [0.05, 0.1) is 24.3 Å². The van der Waals surface area contributed by atoms with Gasteiger partial charge in [-0.1, -0.05) is 25.8 Å². The maximum Gasteiger partial charge on any atom is 0.416 e. The molecule has 0 spiro atoms. The van der Waals surface area contributed by atoms with Crippen molar-refractivity contribution in [1.29, 1.82) is 0 Å². The van der Waals surface area contributed by atoms with Crippen LogP contribution in [-0.4, -0.2) is 64.0 Å². The lowest BCUT2D eigenvalue weighted by atomic mass is 10.1. The van der Waals surface area contributed by atoms with E-state index in [-0.39, 0.29) is 24.6 Å². The van der Waals surface area contributed by atoms with Crippen LogP contribution in [-0.2, 0) is 17.5 Å². The van der Waals surface area contributed by atoms with E-state index in [0.29, 0.717) is 25.3 Å². The predicted molar refractivity (Wildman–Crippen MR) is 122 cm³/mol. The molecule has 0 bridgehead atoms. The molecule has 1 aromatic heterocycles. The third-order valence-electron chi connectivity index (χ3n) is 6.38. The van der Waals surface area contributed by atoms with Crippen LogP contribution in [0.15, 0.2) is 24.3 Å². The van der Waals surface area contributed by atoms with E-state index in [1.165, 1.54) is 12.1 Å². The van der Waals surface area contributed by atoms with Gasteiger partial charge in [0, 0.05) is 38.5 Å². The van der Waals surface area contributed by atoms with E-state index in [9.17, 15) is 13.2 Å². The fourth-order valence-electron chi connectivity index (χ4n) is 4.60. The number of piperazine rings is 1. The first kappa shape index (κ1) is 25.7. The second-order valence-electron chi connectivity index (χ2n) is 8.58. The van der Waals surface area contributed by atoms with Crippen molar-refractivity contribution in [2.75, 3.05) is 37.7 Å². The third kappa shape index (κ3) is 6.36.